The molecule has 0 saturated heterocycles. The zero-order valence-electron chi connectivity index (χ0n) is 24.9. The molecule has 34 heavy (non-hydrogen) atoms. The minimum atomic E-state index is -0.149. The van der Waals surface area contributed by atoms with Gasteiger partial charge in [0, 0.05) is 12.8 Å². The van der Waals surface area contributed by atoms with Crippen molar-refractivity contribution in [2.24, 2.45) is 35.0 Å². The number of unbranched alkanes of at least 4 members (excludes halogenated alkanes) is 2. The highest BCUT2D eigenvalue weighted by Crippen LogP contribution is 2.46. The maximum atomic E-state index is 12.1. The van der Waals surface area contributed by atoms with E-state index < -0.39 is 0 Å². The van der Waals surface area contributed by atoms with Crippen LogP contribution in [0.4, 0.5) is 0 Å². The van der Waals surface area contributed by atoms with Crippen LogP contribution in [0.15, 0.2) is 0 Å². The van der Waals surface area contributed by atoms with Crippen molar-refractivity contribution >= 4 is 5.78 Å². The van der Waals surface area contributed by atoms with Crippen LogP contribution < -0.4 is 0 Å². The molecule has 0 rings (SSSR count). The highest BCUT2D eigenvalue weighted by atomic mass is 16.3. The highest BCUT2D eigenvalue weighted by molar-refractivity contribution is 5.78. The molecule has 0 aromatic carbocycles. The van der Waals surface area contributed by atoms with Crippen molar-refractivity contribution in [1.82, 2.24) is 0 Å². The molecule has 1 N–H and O–H groups in total. The van der Waals surface area contributed by atoms with Crippen molar-refractivity contribution in [1.29, 1.82) is 0 Å². The second-order valence-electron chi connectivity index (χ2n) is 12.5. The summed E-state index contributed by atoms with van der Waals surface area (Å²) in [5.41, 5.74) is 0.275. The van der Waals surface area contributed by atoms with Crippen LogP contribution in [-0.4, -0.2) is 17.0 Å². The number of carbonyl (C=O) groups excluding carboxylic acids is 1. The zero-order chi connectivity index (χ0) is 26.1. The molecule has 6 atom stereocenters. The number of carbonyl (C=O) groups is 1. The molecule has 0 radical (unpaired) electrons. The predicted octanol–water partition coefficient (Wildman–Crippen LogP) is 10.0. The van der Waals surface area contributed by atoms with E-state index in [4.69, 9.17) is 0 Å². The van der Waals surface area contributed by atoms with E-state index >= 15 is 0 Å². The number of hydrogen-bond acceptors (Lipinski definition) is 2. The van der Waals surface area contributed by atoms with Gasteiger partial charge in [0.2, 0.25) is 0 Å². The molecule has 0 aliphatic carbocycles. The Morgan fingerprint density at radius 2 is 1.29 bits per heavy atom. The molecule has 204 valence electrons. The first kappa shape index (κ1) is 33.6. The van der Waals surface area contributed by atoms with Gasteiger partial charge in [0.15, 0.2) is 0 Å². The Hall–Kier alpha value is -0.370. The van der Waals surface area contributed by atoms with E-state index in [0.717, 1.165) is 69.1 Å². The summed E-state index contributed by atoms with van der Waals surface area (Å²) >= 11 is 0. The molecule has 2 nitrogen and oxygen atoms in total. The van der Waals surface area contributed by atoms with E-state index in [9.17, 15) is 9.90 Å². The highest BCUT2D eigenvalue weighted by Gasteiger charge is 2.37. The minimum absolute atomic E-state index is 0.149. The van der Waals surface area contributed by atoms with Gasteiger partial charge < -0.3 is 5.11 Å². The van der Waals surface area contributed by atoms with E-state index in [1.165, 1.54) is 44.9 Å². The molecule has 0 amide bonds. The summed E-state index contributed by atoms with van der Waals surface area (Å²) in [6, 6.07) is 0. The number of ketones is 1. The smallest absolute Gasteiger partial charge is 0.132 e. The van der Waals surface area contributed by atoms with Gasteiger partial charge >= 0.3 is 0 Å². The SMILES string of the molecule is CCCCC(=O)CCC(C)C(C)CCC(C)C(CCC)C(CCCC)C(C)(C)CCC(O)CC. The molecular weight excluding hydrogens is 416 g/mol. The molecule has 0 heterocycles. The Labute approximate surface area is 215 Å². The van der Waals surface area contributed by atoms with Crippen LogP contribution >= 0.6 is 0 Å². The molecule has 0 bridgehead atoms. The van der Waals surface area contributed by atoms with Gasteiger partial charge in [-0.25, -0.2) is 0 Å². The molecule has 0 aromatic heterocycles. The van der Waals surface area contributed by atoms with Gasteiger partial charge in [0.25, 0.3) is 0 Å². The molecule has 0 fully saturated rings. The van der Waals surface area contributed by atoms with E-state index in [-0.39, 0.29) is 11.5 Å². The molecule has 6 unspecified atom stereocenters. The average Bonchev–Trinajstić information content (AvgIpc) is 2.81. The van der Waals surface area contributed by atoms with Gasteiger partial charge in [-0.1, -0.05) is 107 Å². The molecule has 0 spiro atoms. The quantitative estimate of drug-likeness (QED) is 0.167. The van der Waals surface area contributed by atoms with E-state index in [1.807, 2.05) is 0 Å². The Morgan fingerprint density at radius 1 is 0.706 bits per heavy atom. The molecule has 0 aliphatic rings. The Morgan fingerprint density at radius 3 is 1.85 bits per heavy atom. The topological polar surface area (TPSA) is 37.3 Å². The summed E-state index contributed by atoms with van der Waals surface area (Å²) < 4.78 is 0. The van der Waals surface area contributed by atoms with Crippen LogP contribution in [-0.2, 0) is 4.79 Å². The van der Waals surface area contributed by atoms with E-state index in [0.29, 0.717) is 17.6 Å². The Balaban J connectivity index is 5.10. The predicted molar refractivity (Wildman–Crippen MR) is 151 cm³/mol. The third kappa shape index (κ3) is 13.6. The van der Waals surface area contributed by atoms with Crippen molar-refractivity contribution in [2.75, 3.05) is 0 Å². The number of rotatable bonds is 22. The van der Waals surface area contributed by atoms with Crippen molar-refractivity contribution < 1.29 is 9.90 Å². The lowest BCUT2D eigenvalue weighted by atomic mass is 9.62. The van der Waals surface area contributed by atoms with Gasteiger partial charge in [-0.2, -0.15) is 0 Å². The summed E-state index contributed by atoms with van der Waals surface area (Å²) in [5.74, 6) is 4.01. The molecule has 0 aromatic rings. The summed E-state index contributed by atoms with van der Waals surface area (Å²) in [7, 11) is 0. The monoisotopic (exact) mass is 480 g/mol. The van der Waals surface area contributed by atoms with Gasteiger partial charge in [0.1, 0.15) is 5.78 Å². The van der Waals surface area contributed by atoms with Crippen molar-refractivity contribution in [3.63, 3.8) is 0 Å². The lowest BCUT2D eigenvalue weighted by Gasteiger charge is -2.43. The lowest BCUT2D eigenvalue weighted by Crippen LogP contribution is -2.35. The zero-order valence-corrected chi connectivity index (χ0v) is 24.9. The summed E-state index contributed by atoms with van der Waals surface area (Å²) in [6.07, 6.45) is 16.6. The number of Topliss-reactive ketones (excluding diaryl/α,β-unsaturated/α-hetero) is 1. The first-order valence-corrected chi connectivity index (χ1v) is 15.2. The standard InChI is InChI=1S/C32H64O2/c1-10-14-17-29(34)22-21-26(6)25(5)19-20-27(7)30(16-12-3)31(18-15-11-2)32(8,9)24-23-28(33)13-4/h25-28,30-31,33H,10-24H2,1-9H3. The Bertz CT molecular complexity index is 497. The van der Waals surface area contributed by atoms with Crippen LogP contribution in [0.5, 0.6) is 0 Å². The first-order chi connectivity index (χ1) is 16.0. The molecule has 2 heteroatoms. The fourth-order valence-electron chi connectivity index (χ4n) is 5.95. The minimum Gasteiger partial charge on any atom is -0.393 e. The largest absolute Gasteiger partial charge is 0.393 e. The van der Waals surface area contributed by atoms with Crippen molar-refractivity contribution in [3.05, 3.63) is 0 Å². The van der Waals surface area contributed by atoms with Gasteiger partial charge in [-0.05, 0) is 73.5 Å². The van der Waals surface area contributed by atoms with Gasteiger partial charge in [0.05, 0.1) is 6.10 Å². The van der Waals surface area contributed by atoms with E-state index in [2.05, 4.69) is 62.3 Å². The molecular formula is C32H64O2. The van der Waals surface area contributed by atoms with Crippen molar-refractivity contribution in [3.8, 4) is 0 Å². The second kappa shape index (κ2) is 18.8. The van der Waals surface area contributed by atoms with Gasteiger partial charge in [-0.15, -0.1) is 0 Å². The first-order valence-electron chi connectivity index (χ1n) is 15.2. The number of hydrogen-bond donors (Lipinski definition) is 1. The second-order valence-corrected chi connectivity index (χ2v) is 12.5. The summed E-state index contributed by atoms with van der Waals surface area (Å²) in [5, 5.41) is 10.2. The van der Waals surface area contributed by atoms with E-state index in [1.54, 1.807) is 0 Å². The van der Waals surface area contributed by atoms with Crippen molar-refractivity contribution in [2.45, 2.75) is 165 Å². The maximum Gasteiger partial charge on any atom is 0.132 e. The third-order valence-electron chi connectivity index (χ3n) is 9.07. The fraction of sp³-hybridized carbons (Fsp3) is 0.969. The van der Waals surface area contributed by atoms with Crippen LogP contribution in [0.3, 0.4) is 0 Å². The lowest BCUT2D eigenvalue weighted by molar-refractivity contribution is -0.119. The summed E-state index contributed by atoms with van der Waals surface area (Å²) in [4.78, 5) is 12.1. The number of aliphatic hydroxyl groups is 1. The third-order valence-corrected chi connectivity index (χ3v) is 9.07. The maximum absolute atomic E-state index is 12.1. The van der Waals surface area contributed by atoms with Crippen LogP contribution in [0.1, 0.15) is 159 Å². The van der Waals surface area contributed by atoms with Crippen LogP contribution in [0.25, 0.3) is 0 Å². The molecule has 0 saturated carbocycles. The summed E-state index contributed by atoms with van der Waals surface area (Å²) in [6.45, 7) is 21.2. The molecule has 0 aliphatic heterocycles. The normalized spacial score (nSPS) is 17.7. The van der Waals surface area contributed by atoms with Crippen LogP contribution in [0, 0.1) is 35.0 Å². The average molecular weight is 481 g/mol. The van der Waals surface area contributed by atoms with Gasteiger partial charge in [-0.3, -0.25) is 4.79 Å². The Kier molecular flexibility index (Phi) is 18.6. The van der Waals surface area contributed by atoms with Crippen LogP contribution in [0.2, 0.25) is 0 Å². The number of aliphatic hydroxyl groups excluding tert-OH is 1. The fourth-order valence-corrected chi connectivity index (χ4v) is 5.95.